The lowest BCUT2D eigenvalue weighted by Gasteiger charge is -2.17. The summed E-state index contributed by atoms with van der Waals surface area (Å²) in [4.78, 5) is 16.4. The molecule has 1 saturated carbocycles. The van der Waals surface area contributed by atoms with Crippen LogP contribution in [0.2, 0.25) is 0 Å². The lowest BCUT2D eigenvalue weighted by Crippen LogP contribution is -2.22. The fourth-order valence-electron chi connectivity index (χ4n) is 3.86. The third-order valence-electron chi connectivity index (χ3n) is 5.38. The van der Waals surface area contributed by atoms with E-state index in [1.54, 1.807) is 17.9 Å². The van der Waals surface area contributed by atoms with Gasteiger partial charge in [0.25, 0.3) is 0 Å². The van der Waals surface area contributed by atoms with Gasteiger partial charge in [0, 0.05) is 18.0 Å². The van der Waals surface area contributed by atoms with Crippen molar-refractivity contribution in [2.24, 2.45) is 0 Å². The van der Waals surface area contributed by atoms with Crippen molar-refractivity contribution in [3.8, 4) is 22.6 Å². The van der Waals surface area contributed by atoms with Gasteiger partial charge in [-0.25, -0.2) is 9.78 Å². The van der Waals surface area contributed by atoms with E-state index in [1.807, 2.05) is 49.5 Å². The fourth-order valence-corrected chi connectivity index (χ4v) is 3.86. The summed E-state index contributed by atoms with van der Waals surface area (Å²) in [7, 11) is 1.65. The van der Waals surface area contributed by atoms with Crippen molar-refractivity contribution < 1.29 is 9.47 Å². The van der Waals surface area contributed by atoms with Crippen molar-refractivity contribution in [1.82, 2.24) is 9.55 Å². The average Bonchev–Trinajstić information content (AvgIpc) is 3.23. The number of ether oxygens (including phenoxy) is 2. The highest BCUT2D eigenvalue weighted by atomic mass is 16.5. The number of hydrogen-bond acceptors (Lipinski definition) is 4. The summed E-state index contributed by atoms with van der Waals surface area (Å²) in [5.41, 5.74) is 3.81. The predicted octanol–water partition coefficient (Wildman–Crippen LogP) is 4.60. The maximum absolute atomic E-state index is 12.3. The molecule has 4 rings (SSSR count). The Hall–Kier alpha value is -3.08. The van der Waals surface area contributed by atoms with E-state index < -0.39 is 0 Å². The van der Waals surface area contributed by atoms with Crippen molar-refractivity contribution in [2.45, 2.75) is 45.3 Å². The zero-order chi connectivity index (χ0) is 20.2. The predicted molar refractivity (Wildman–Crippen MR) is 114 cm³/mol. The van der Waals surface area contributed by atoms with E-state index in [1.165, 1.54) is 18.4 Å². The van der Waals surface area contributed by atoms with Gasteiger partial charge in [-0.3, -0.25) is 4.57 Å². The van der Waals surface area contributed by atoms with Gasteiger partial charge in [0.1, 0.15) is 0 Å². The van der Waals surface area contributed by atoms with Crippen molar-refractivity contribution in [1.29, 1.82) is 0 Å². The van der Waals surface area contributed by atoms with Crippen LogP contribution in [0.25, 0.3) is 11.1 Å². The van der Waals surface area contributed by atoms with Crippen LogP contribution in [0.15, 0.2) is 59.7 Å². The molecule has 0 amide bonds. The van der Waals surface area contributed by atoms with E-state index in [0.717, 1.165) is 41.0 Å². The monoisotopic (exact) mass is 390 g/mol. The Morgan fingerprint density at radius 1 is 1.07 bits per heavy atom. The van der Waals surface area contributed by atoms with Gasteiger partial charge in [0.05, 0.1) is 19.8 Å². The Bertz CT molecular complexity index is 1050. The molecule has 1 heterocycles. The van der Waals surface area contributed by atoms with E-state index >= 15 is 0 Å². The van der Waals surface area contributed by atoms with E-state index in [2.05, 4.69) is 11.1 Å². The lowest BCUT2D eigenvalue weighted by molar-refractivity contribution is 0.201. The van der Waals surface area contributed by atoms with Crippen LogP contribution < -0.4 is 15.2 Å². The number of aryl methyl sites for hydroxylation is 1. The van der Waals surface area contributed by atoms with Crippen molar-refractivity contribution in [3.05, 3.63) is 76.5 Å². The molecular weight excluding hydrogens is 364 g/mol. The zero-order valence-corrected chi connectivity index (χ0v) is 16.9. The number of methoxy groups -OCH3 is 1. The molecule has 150 valence electrons. The summed E-state index contributed by atoms with van der Waals surface area (Å²) >= 11 is 0. The van der Waals surface area contributed by atoms with Gasteiger partial charge in [0.2, 0.25) is 0 Å². The van der Waals surface area contributed by atoms with E-state index in [0.29, 0.717) is 6.54 Å². The molecule has 0 atom stereocenters. The quantitative estimate of drug-likeness (QED) is 0.617. The molecule has 2 aromatic carbocycles. The first-order valence-corrected chi connectivity index (χ1v) is 10.1. The molecule has 3 aromatic rings. The first kappa shape index (κ1) is 19.2. The highest BCUT2D eigenvalue weighted by Gasteiger charge is 2.19. The average molecular weight is 390 g/mol. The van der Waals surface area contributed by atoms with E-state index in [4.69, 9.17) is 9.47 Å². The molecule has 0 spiro atoms. The molecule has 29 heavy (non-hydrogen) atoms. The SMILES string of the molecule is COc1ccc(-c2cnc(=O)n(Cc3cccc(C)c3)c2)cc1OC1CCCC1. The summed E-state index contributed by atoms with van der Waals surface area (Å²) in [6.45, 7) is 2.53. The van der Waals surface area contributed by atoms with Gasteiger partial charge >= 0.3 is 5.69 Å². The molecule has 0 N–H and O–H groups in total. The molecular formula is C24H26N2O3. The third-order valence-corrected chi connectivity index (χ3v) is 5.38. The standard InChI is InChI=1S/C24H26N2O3/c1-17-6-5-7-18(12-17)15-26-16-20(14-25-24(26)27)19-10-11-22(28-2)23(13-19)29-21-8-3-4-9-21/h5-7,10-14,16,21H,3-4,8-9,15H2,1-2H3. The Balaban J connectivity index is 1.64. The molecule has 5 nitrogen and oxygen atoms in total. The zero-order valence-electron chi connectivity index (χ0n) is 16.9. The van der Waals surface area contributed by atoms with Gasteiger partial charge in [0.15, 0.2) is 11.5 Å². The summed E-state index contributed by atoms with van der Waals surface area (Å²) in [6, 6.07) is 14.0. The number of rotatable bonds is 6. The van der Waals surface area contributed by atoms with Crippen LogP contribution in [0.1, 0.15) is 36.8 Å². The first-order valence-electron chi connectivity index (χ1n) is 10.1. The minimum absolute atomic E-state index is 0.243. The van der Waals surface area contributed by atoms with Crippen molar-refractivity contribution >= 4 is 0 Å². The lowest BCUT2D eigenvalue weighted by atomic mass is 10.1. The molecule has 0 unspecified atom stereocenters. The number of nitrogens with zero attached hydrogens (tertiary/aromatic N) is 2. The minimum Gasteiger partial charge on any atom is -0.493 e. The molecule has 1 aliphatic rings. The maximum Gasteiger partial charge on any atom is 0.347 e. The normalized spacial score (nSPS) is 14.1. The summed E-state index contributed by atoms with van der Waals surface area (Å²) in [5.74, 6) is 1.47. The number of hydrogen-bond donors (Lipinski definition) is 0. The second-order valence-corrected chi connectivity index (χ2v) is 7.63. The van der Waals surface area contributed by atoms with Gasteiger partial charge in [-0.1, -0.05) is 35.9 Å². The maximum atomic E-state index is 12.3. The van der Waals surface area contributed by atoms with Crippen molar-refractivity contribution in [3.63, 3.8) is 0 Å². The largest absolute Gasteiger partial charge is 0.493 e. The van der Waals surface area contributed by atoms with E-state index in [9.17, 15) is 4.79 Å². The van der Waals surface area contributed by atoms with Crippen LogP contribution in [0.4, 0.5) is 0 Å². The number of aromatic nitrogens is 2. The third kappa shape index (κ3) is 4.50. The topological polar surface area (TPSA) is 53.3 Å². The Morgan fingerprint density at radius 3 is 2.66 bits per heavy atom. The number of benzene rings is 2. The summed E-state index contributed by atoms with van der Waals surface area (Å²) in [6.07, 6.45) is 8.30. The molecule has 5 heteroatoms. The van der Waals surface area contributed by atoms with Crippen molar-refractivity contribution in [2.75, 3.05) is 7.11 Å². The minimum atomic E-state index is -0.258. The molecule has 0 aliphatic heterocycles. The molecule has 0 saturated heterocycles. The van der Waals surface area contributed by atoms with Crippen LogP contribution in [-0.4, -0.2) is 22.8 Å². The van der Waals surface area contributed by atoms with Crippen LogP contribution in [0.3, 0.4) is 0 Å². The van der Waals surface area contributed by atoms with Gasteiger partial charge in [-0.2, -0.15) is 0 Å². The highest BCUT2D eigenvalue weighted by molar-refractivity contribution is 5.65. The van der Waals surface area contributed by atoms with Crippen LogP contribution in [-0.2, 0) is 6.54 Å². The Kier molecular flexibility index (Phi) is 5.65. The molecule has 0 radical (unpaired) electrons. The molecule has 1 aromatic heterocycles. The Morgan fingerprint density at radius 2 is 1.90 bits per heavy atom. The second kappa shape index (κ2) is 8.52. The highest BCUT2D eigenvalue weighted by Crippen LogP contribution is 2.35. The van der Waals surface area contributed by atoms with Gasteiger partial charge < -0.3 is 9.47 Å². The van der Waals surface area contributed by atoms with Crippen LogP contribution in [0, 0.1) is 6.92 Å². The fraction of sp³-hybridized carbons (Fsp3) is 0.333. The van der Waals surface area contributed by atoms with E-state index in [-0.39, 0.29) is 11.8 Å². The Labute approximate surface area is 170 Å². The summed E-state index contributed by atoms with van der Waals surface area (Å²) in [5, 5.41) is 0. The molecule has 1 aliphatic carbocycles. The van der Waals surface area contributed by atoms with Crippen LogP contribution in [0.5, 0.6) is 11.5 Å². The van der Waals surface area contributed by atoms with Gasteiger partial charge in [-0.05, 0) is 55.9 Å². The molecule has 1 fully saturated rings. The van der Waals surface area contributed by atoms with Crippen LogP contribution >= 0.6 is 0 Å². The second-order valence-electron chi connectivity index (χ2n) is 7.63. The smallest absolute Gasteiger partial charge is 0.347 e. The molecule has 0 bridgehead atoms. The summed E-state index contributed by atoms with van der Waals surface area (Å²) < 4.78 is 13.3. The first-order chi connectivity index (χ1) is 14.1. The van der Waals surface area contributed by atoms with Gasteiger partial charge in [-0.15, -0.1) is 0 Å².